The number of nitrogens with one attached hydrogen (secondary N) is 1. The molecule has 28 heavy (non-hydrogen) atoms. The molecule has 1 N–H and O–H groups in total. The summed E-state index contributed by atoms with van der Waals surface area (Å²) in [7, 11) is 0. The van der Waals surface area contributed by atoms with Gasteiger partial charge in [-0.25, -0.2) is 4.98 Å². The highest BCUT2D eigenvalue weighted by Crippen LogP contribution is 2.26. The lowest BCUT2D eigenvalue weighted by Gasteiger charge is -2.10. The minimum Gasteiger partial charge on any atom is -0.489 e. The third kappa shape index (κ3) is 5.20. The number of carbonyl (C=O) groups excluding carboxylic acids is 1. The monoisotopic (exact) mass is 394 g/mol. The van der Waals surface area contributed by atoms with Gasteiger partial charge in [0.1, 0.15) is 23.1 Å². The van der Waals surface area contributed by atoms with Gasteiger partial charge < -0.3 is 10.1 Å². The summed E-state index contributed by atoms with van der Waals surface area (Å²) < 4.78 is 5.94. The molecule has 0 atom stereocenters. The molecular weight excluding hydrogens is 368 g/mol. The molecule has 4 nitrogen and oxygen atoms in total. The molecule has 5 heteroatoms. The van der Waals surface area contributed by atoms with Crippen molar-refractivity contribution in [2.75, 3.05) is 6.54 Å². The second-order valence-corrected chi connectivity index (χ2v) is 8.24. The zero-order valence-corrected chi connectivity index (χ0v) is 17.6. The van der Waals surface area contributed by atoms with Crippen molar-refractivity contribution in [3.8, 4) is 16.3 Å². The van der Waals surface area contributed by atoms with E-state index in [1.165, 1.54) is 28.0 Å². The Balaban J connectivity index is 1.63. The molecule has 0 aliphatic heterocycles. The molecule has 0 radical (unpaired) electrons. The Hall–Kier alpha value is -2.66. The Morgan fingerprint density at radius 3 is 2.61 bits per heavy atom. The van der Waals surface area contributed by atoms with Crippen molar-refractivity contribution in [3.63, 3.8) is 0 Å². The van der Waals surface area contributed by atoms with Gasteiger partial charge in [-0.05, 0) is 55.2 Å². The van der Waals surface area contributed by atoms with E-state index in [0.29, 0.717) is 24.8 Å². The zero-order valence-electron chi connectivity index (χ0n) is 16.8. The molecule has 1 amide bonds. The highest BCUT2D eigenvalue weighted by molar-refractivity contribution is 7.13. The van der Waals surface area contributed by atoms with E-state index in [2.05, 4.69) is 56.2 Å². The second kappa shape index (κ2) is 9.02. The summed E-state index contributed by atoms with van der Waals surface area (Å²) in [5.74, 6) is 1.11. The molecule has 146 valence electrons. The highest BCUT2D eigenvalue weighted by atomic mass is 32.1. The summed E-state index contributed by atoms with van der Waals surface area (Å²) in [5.41, 5.74) is 5.11. The molecular formula is C23H26N2O2S. The molecule has 3 rings (SSSR count). The fourth-order valence-electron chi connectivity index (χ4n) is 2.71. The molecule has 0 aliphatic rings. The fraction of sp³-hybridized carbons (Fsp3) is 0.304. The van der Waals surface area contributed by atoms with Crippen molar-refractivity contribution >= 4 is 17.2 Å². The molecule has 3 aromatic rings. The van der Waals surface area contributed by atoms with E-state index in [1.54, 1.807) is 5.38 Å². The number of carbonyl (C=O) groups is 1. The topological polar surface area (TPSA) is 51.2 Å². The summed E-state index contributed by atoms with van der Waals surface area (Å²) in [6.07, 6.45) is 0. The van der Waals surface area contributed by atoms with Crippen LogP contribution in [0.25, 0.3) is 10.6 Å². The van der Waals surface area contributed by atoms with Crippen LogP contribution in [0.4, 0.5) is 0 Å². The lowest BCUT2D eigenvalue weighted by molar-refractivity contribution is 0.0945. The number of rotatable bonds is 7. The Bertz CT molecular complexity index is 945. The Labute approximate surface area is 170 Å². The molecule has 0 unspecified atom stereocenters. The van der Waals surface area contributed by atoms with Gasteiger partial charge in [0.2, 0.25) is 0 Å². The largest absolute Gasteiger partial charge is 0.489 e. The third-order valence-electron chi connectivity index (χ3n) is 4.41. The van der Waals surface area contributed by atoms with Crippen molar-refractivity contribution in [2.45, 2.75) is 34.3 Å². The molecule has 2 aromatic carbocycles. The first-order valence-electron chi connectivity index (χ1n) is 9.45. The summed E-state index contributed by atoms with van der Waals surface area (Å²) >= 11 is 1.47. The van der Waals surface area contributed by atoms with Gasteiger partial charge in [0.05, 0.1) is 0 Å². The van der Waals surface area contributed by atoms with Crippen LogP contribution in [-0.4, -0.2) is 17.4 Å². The van der Waals surface area contributed by atoms with Crippen LogP contribution in [0.1, 0.15) is 41.0 Å². The Morgan fingerprint density at radius 1 is 1.14 bits per heavy atom. The van der Waals surface area contributed by atoms with E-state index in [1.807, 2.05) is 24.3 Å². The van der Waals surface area contributed by atoms with Gasteiger partial charge in [-0.1, -0.05) is 37.6 Å². The van der Waals surface area contributed by atoms with Crippen LogP contribution >= 0.6 is 11.3 Å². The van der Waals surface area contributed by atoms with Crippen LogP contribution in [0, 0.1) is 19.8 Å². The number of nitrogens with zero attached hydrogens (tertiary/aromatic N) is 1. The maximum Gasteiger partial charge on any atom is 0.270 e. The molecule has 0 saturated heterocycles. The van der Waals surface area contributed by atoms with E-state index in [9.17, 15) is 4.79 Å². The van der Waals surface area contributed by atoms with Gasteiger partial charge in [-0.15, -0.1) is 11.3 Å². The Kier molecular flexibility index (Phi) is 6.47. The number of thiazole rings is 1. The lowest BCUT2D eigenvalue weighted by atomic mass is 10.1. The van der Waals surface area contributed by atoms with Crippen LogP contribution in [0.5, 0.6) is 5.75 Å². The molecule has 0 spiro atoms. The zero-order chi connectivity index (χ0) is 20.1. The predicted octanol–water partition coefficient (Wildman–Crippen LogP) is 5.39. The molecule has 0 saturated carbocycles. The minimum atomic E-state index is -0.121. The number of hydrogen-bond donors (Lipinski definition) is 1. The molecule has 1 heterocycles. The van der Waals surface area contributed by atoms with Crippen LogP contribution < -0.4 is 10.1 Å². The van der Waals surface area contributed by atoms with Crippen LogP contribution in [0.15, 0.2) is 47.8 Å². The van der Waals surface area contributed by atoms with Gasteiger partial charge in [0.15, 0.2) is 0 Å². The molecule has 1 aromatic heterocycles. The number of ether oxygens (including phenoxy) is 1. The Morgan fingerprint density at radius 2 is 1.89 bits per heavy atom. The van der Waals surface area contributed by atoms with E-state index >= 15 is 0 Å². The van der Waals surface area contributed by atoms with Crippen LogP contribution in [0.2, 0.25) is 0 Å². The molecule has 0 fully saturated rings. The predicted molar refractivity (Wildman–Crippen MR) is 115 cm³/mol. The summed E-state index contributed by atoms with van der Waals surface area (Å²) in [4.78, 5) is 16.6. The lowest BCUT2D eigenvalue weighted by Crippen LogP contribution is -2.27. The number of aromatic nitrogens is 1. The summed E-state index contributed by atoms with van der Waals surface area (Å²) in [6.45, 7) is 9.51. The second-order valence-electron chi connectivity index (χ2n) is 7.38. The fourth-order valence-corrected chi connectivity index (χ4v) is 3.51. The average molecular weight is 395 g/mol. The first-order valence-corrected chi connectivity index (χ1v) is 10.3. The van der Waals surface area contributed by atoms with Gasteiger partial charge in [0.25, 0.3) is 5.91 Å². The standard InChI is InChI=1S/C23H26N2O2S/c1-15(2)12-24-22(26)21-14-28-23(25-21)18-7-9-20(10-8-18)27-13-19-11-16(3)5-6-17(19)4/h5-11,14-15H,12-13H2,1-4H3,(H,24,26). The summed E-state index contributed by atoms with van der Waals surface area (Å²) in [6, 6.07) is 14.2. The highest BCUT2D eigenvalue weighted by Gasteiger charge is 2.12. The maximum atomic E-state index is 12.1. The van der Waals surface area contributed by atoms with Crippen molar-refractivity contribution in [1.29, 1.82) is 0 Å². The van der Waals surface area contributed by atoms with Crippen LogP contribution in [0.3, 0.4) is 0 Å². The van der Waals surface area contributed by atoms with Crippen molar-refractivity contribution in [2.24, 2.45) is 5.92 Å². The number of aryl methyl sites for hydroxylation is 2. The molecule has 0 aliphatic carbocycles. The maximum absolute atomic E-state index is 12.1. The van der Waals surface area contributed by atoms with Gasteiger partial charge >= 0.3 is 0 Å². The smallest absolute Gasteiger partial charge is 0.270 e. The van der Waals surface area contributed by atoms with E-state index in [4.69, 9.17) is 4.74 Å². The van der Waals surface area contributed by atoms with E-state index in [-0.39, 0.29) is 5.91 Å². The number of amides is 1. The summed E-state index contributed by atoms with van der Waals surface area (Å²) in [5, 5.41) is 5.53. The van der Waals surface area contributed by atoms with Gasteiger partial charge in [-0.3, -0.25) is 4.79 Å². The quantitative estimate of drug-likeness (QED) is 0.584. The average Bonchev–Trinajstić information content (AvgIpc) is 3.17. The molecule has 0 bridgehead atoms. The normalized spacial score (nSPS) is 10.9. The van der Waals surface area contributed by atoms with E-state index < -0.39 is 0 Å². The van der Waals surface area contributed by atoms with Gasteiger partial charge in [0, 0.05) is 17.5 Å². The first-order chi connectivity index (χ1) is 13.4. The SMILES string of the molecule is Cc1ccc(C)c(COc2ccc(-c3nc(C(=O)NCC(C)C)cs3)cc2)c1. The van der Waals surface area contributed by atoms with Crippen LogP contribution in [-0.2, 0) is 6.61 Å². The van der Waals surface area contributed by atoms with Crippen molar-refractivity contribution < 1.29 is 9.53 Å². The van der Waals surface area contributed by atoms with E-state index in [0.717, 1.165) is 16.3 Å². The first kappa shape index (κ1) is 20.1. The number of benzene rings is 2. The number of hydrogen-bond acceptors (Lipinski definition) is 4. The van der Waals surface area contributed by atoms with Crippen molar-refractivity contribution in [1.82, 2.24) is 10.3 Å². The minimum absolute atomic E-state index is 0.121. The van der Waals surface area contributed by atoms with Gasteiger partial charge in [-0.2, -0.15) is 0 Å². The van der Waals surface area contributed by atoms with Crippen molar-refractivity contribution in [3.05, 3.63) is 70.2 Å². The third-order valence-corrected chi connectivity index (χ3v) is 5.30.